The molecule has 2 amide bonds. The lowest BCUT2D eigenvalue weighted by molar-refractivity contribution is -0.145. The number of anilines is 1. The molecular formula is C27H32ClN3O6. The van der Waals surface area contributed by atoms with E-state index in [1.54, 1.807) is 25.1 Å². The van der Waals surface area contributed by atoms with Crippen LogP contribution in [0, 0.1) is 17.3 Å². The summed E-state index contributed by atoms with van der Waals surface area (Å²) in [5.41, 5.74) is 0.290. The Morgan fingerprint density at radius 1 is 1.16 bits per heavy atom. The lowest BCUT2D eigenvalue weighted by Crippen LogP contribution is -2.61. The number of hydrogen-bond acceptors (Lipinski definition) is 8. The molecule has 2 N–H and O–H groups in total. The third kappa shape index (κ3) is 3.87. The maximum atomic E-state index is 14.3. The Labute approximate surface area is 221 Å². The average molecular weight is 530 g/mol. The van der Waals surface area contributed by atoms with E-state index in [0.717, 1.165) is 18.2 Å². The molecule has 0 unspecified atom stereocenters. The summed E-state index contributed by atoms with van der Waals surface area (Å²) < 4.78 is 5.53. The number of likely N-dealkylation sites (N-methyl/N-ethyl adjacent to an activating group) is 1. The summed E-state index contributed by atoms with van der Waals surface area (Å²) >= 11 is 6.69. The van der Waals surface area contributed by atoms with Crippen molar-refractivity contribution in [2.24, 2.45) is 17.3 Å². The maximum absolute atomic E-state index is 14.3. The molecule has 0 heterocycles. The molecule has 198 valence electrons. The smallest absolute Gasteiger partial charge is 0.262 e. The van der Waals surface area contributed by atoms with E-state index in [9.17, 15) is 24.3 Å². The number of halogens is 1. The highest BCUT2D eigenvalue weighted by Crippen LogP contribution is 2.56. The molecule has 9 nitrogen and oxygen atoms in total. The third-order valence-corrected chi connectivity index (χ3v) is 8.36. The van der Waals surface area contributed by atoms with Crippen molar-refractivity contribution < 1.29 is 29.0 Å². The Morgan fingerprint density at radius 2 is 1.81 bits per heavy atom. The number of carbonyl (C=O) groups is 4. The van der Waals surface area contributed by atoms with Crippen LogP contribution in [-0.4, -0.2) is 74.7 Å². The SMILES string of the molecule is COc1ccc(N(C)C)c2c1C(O)=C1C(=O)[C@]3(C)C(=O)C(C(=O)NC(C)=O)=C(Cl)[C@@H](N(C)C)[C@@H]3C[C@@H]1C2. The molecule has 1 aromatic carbocycles. The number of imide groups is 1. The number of carbonyl (C=O) groups excluding carboxylic acids is 4. The Hall–Kier alpha value is -3.17. The van der Waals surface area contributed by atoms with Crippen LogP contribution in [0.25, 0.3) is 5.76 Å². The number of rotatable bonds is 4. The number of methoxy groups -OCH3 is 1. The molecule has 0 radical (unpaired) electrons. The van der Waals surface area contributed by atoms with Gasteiger partial charge in [0.2, 0.25) is 5.91 Å². The highest BCUT2D eigenvalue weighted by Gasteiger charge is 2.62. The van der Waals surface area contributed by atoms with E-state index in [1.807, 2.05) is 25.1 Å². The number of aliphatic hydroxyl groups excluding tert-OH is 1. The summed E-state index contributed by atoms with van der Waals surface area (Å²) in [6, 6.07) is 3.03. The Balaban J connectivity index is 1.95. The van der Waals surface area contributed by atoms with Gasteiger partial charge in [-0.05, 0) is 57.5 Å². The zero-order valence-corrected chi connectivity index (χ0v) is 22.8. The number of fused-ring (bicyclic) bond motifs is 3. The molecule has 0 bridgehead atoms. The van der Waals surface area contributed by atoms with Gasteiger partial charge in [-0.15, -0.1) is 0 Å². The second kappa shape index (κ2) is 9.29. The van der Waals surface area contributed by atoms with Crippen molar-refractivity contribution in [3.63, 3.8) is 0 Å². The Morgan fingerprint density at radius 3 is 2.35 bits per heavy atom. The van der Waals surface area contributed by atoms with Crippen molar-refractivity contribution >= 4 is 46.4 Å². The van der Waals surface area contributed by atoms with Crippen LogP contribution in [0.4, 0.5) is 5.69 Å². The largest absolute Gasteiger partial charge is 0.507 e. The first-order valence-electron chi connectivity index (χ1n) is 12.1. The number of ether oxygens (including phenoxy) is 1. The standard InChI is InChI=1S/C27H32ClN3O6/c1-12(32)29-26(36)20-21(28)22(31(5)6)15-11-13-10-14-16(30(3)4)8-9-17(37-7)19(14)23(33)18(13)24(34)27(15,2)25(20)35/h8-9,13,15,22,33H,10-11H2,1-7H3,(H,29,32,36)/t13-,15-,22-,27+/m0/s1. The predicted octanol–water partition coefficient (Wildman–Crippen LogP) is 2.47. The number of Topliss-reactive ketones (excluding diaryl/α,β-unsaturated/α-hetero) is 2. The van der Waals surface area contributed by atoms with Gasteiger partial charge in [-0.2, -0.15) is 0 Å². The fraction of sp³-hybridized carbons (Fsp3) is 0.481. The third-order valence-electron chi connectivity index (χ3n) is 7.95. The average Bonchev–Trinajstić information content (AvgIpc) is 2.80. The number of nitrogens with zero attached hydrogens (tertiary/aromatic N) is 2. The number of benzene rings is 1. The highest BCUT2D eigenvalue weighted by atomic mass is 35.5. The van der Waals surface area contributed by atoms with Crippen molar-refractivity contribution in [1.29, 1.82) is 0 Å². The van der Waals surface area contributed by atoms with Crippen molar-refractivity contribution in [3.05, 3.63) is 39.4 Å². The van der Waals surface area contributed by atoms with Gasteiger partial charge in [0.05, 0.1) is 34.7 Å². The number of ketones is 2. The van der Waals surface area contributed by atoms with Gasteiger partial charge in [-0.1, -0.05) is 11.6 Å². The van der Waals surface area contributed by atoms with Crippen LogP contribution in [0.1, 0.15) is 31.4 Å². The number of allylic oxidation sites excluding steroid dienone is 1. The van der Waals surface area contributed by atoms with Crippen LogP contribution in [-0.2, 0) is 25.6 Å². The molecule has 0 aromatic heterocycles. The van der Waals surface area contributed by atoms with Crippen LogP contribution in [0.3, 0.4) is 0 Å². The second-order valence-corrected chi connectivity index (χ2v) is 10.9. The zero-order valence-electron chi connectivity index (χ0n) is 22.1. The van der Waals surface area contributed by atoms with Gasteiger partial charge in [0.25, 0.3) is 5.91 Å². The highest BCUT2D eigenvalue weighted by molar-refractivity contribution is 6.41. The van der Waals surface area contributed by atoms with Crippen molar-refractivity contribution in [1.82, 2.24) is 10.2 Å². The topological polar surface area (TPSA) is 116 Å². The van der Waals surface area contributed by atoms with E-state index in [1.165, 1.54) is 14.0 Å². The molecule has 0 aliphatic heterocycles. The van der Waals surface area contributed by atoms with Gasteiger partial charge in [-0.25, -0.2) is 0 Å². The fourth-order valence-corrected chi connectivity index (χ4v) is 6.78. The summed E-state index contributed by atoms with van der Waals surface area (Å²) in [6.07, 6.45) is 0.850. The van der Waals surface area contributed by atoms with Gasteiger partial charge in [0, 0.05) is 38.2 Å². The summed E-state index contributed by atoms with van der Waals surface area (Å²) in [4.78, 5) is 56.4. The molecule has 3 aliphatic rings. The first-order chi connectivity index (χ1) is 17.3. The van der Waals surface area contributed by atoms with E-state index < -0.39 is 46.3 Å². The summed E-state index contributed by atoms with van der Waals surface area (Å²) in [6.45, 7) is 2.67. The van der Waals surface area contributed by atoms with E-state index in [-0.39, 0.29) is 22.3 Å². The summed E-state index contributed by atoms with van der Waals surface area (Å²) in [5, 5.41) is 13.7. The first kappa shape index (κ1) is 26.9. The lowest BCUT2D eigenvalue weighted by atomic mass is 9.52. The quantitative estimate of drug-likeness (QED) is 0.451. The maximum Gasteiger partial charge on any atom is 0.262 e. The molecule has 1 aromatic rings. The van der Waals surface area contributed by atoms with Crippen LogP contribution in [0.15, 0.2) is 28.3 Å². The Kier molecular flexibility index (Phi) is 6.75. The minimum absolute atomic E-state index is 0.00698. The number of amides is 2. The molecular weight excluding hydrogens is 498 g/mol. The van der Waals surface area contributed by atoms with E-state index in [4.69, 9.17) is 16.3 Å². The van der Waals surface area contributed by atoms with Gasteiger partial charge in [-0.3, -0.25) is 24.5 Å². The lowest BCUT2D eigenvalue weighted by Gasteiger charge is -2.51. The molecule has 3 aliphatic carbocycles. The molecule has 37 heavy (non-hydrogen) atoms. The Bertz CT molecular complexity index is 1300. The minimum atomic E-state index is -1.67. The molecule has 10 heteroatoms. The zero-order chi connectivity index (χ0) is 27.6. The van der Waals surface area contributed by atoms with Gasteiger partial charge < -0.3 is 19.6 Å². The van der Waals surface area contributed by atoms with Gasteiger partial charge in [0.1, 0.15) is 11.5 Å². The van der Waals surface area contributed by atoms with Crippen molar-refractivity contribution in [2.45, 2.75) is 32.7 Å². The molecule has 0 saturated heterocycles. The summed E-state index contributed by atoms with van der Waals surface area (Å²) in [7, 11) is 8.83. The monoisotopic (exact) mass is 529 g/mol. The van der Waals surface area contributed by atoms with E-state index in [2.05, 4.69) is 5.32 Å². The normalized spacial score (nSPS) is 27.0. The van der Waals surface area contributed by atoms with E-state index >= 15 is 0 Å². The molecule has 0 spiro atoms. The summed E-state index contributed by atoms with van der Waals surface area (Å²) in [5.74, 6) is -3.57. The van der Waals surface area contributed by atoms with Crippen LogP contribution in [0.2, 0.25) is 0 Å². The van der Waals surface area contributed by atoms with Crippen molar-refractivity contribution in [3.8, 4) is 5.75 Å². The number of hydrogen-bond donors (Lipinski definition) is 2. The van der Waals surface area contributed by atoms with Gasteiger partial charge in [0.15, 0.2) is 11.6 Å². The van der Waals surface area contributed by atoms with Gasteiger partial charge >= 0.3 is 0 Å². The van der Waals surface area contributed by atoms with Crippen LogP contribution < -0.4 is 15.0 Å². The molecule has 1 fully saturated rings. The van der Waals surface area contributed by atoms with Crippen LogP contribution in [0.5, 0.6) is 5.75 Å². The van der Waals surface area contributed by atoms with Crippen LogP contribution >= 0.6 is 11.6 Å². The molecule has 4 atom stereocenters. The minimum Gasteiger partial charge on any atom is -0.507 e. The number of nitrogens with one attached hydrogen (secondary N) is 1. The second-order valence-electron chi connectivity index (χ2n) is 10.5. The molecule has 1 saturated carbocycles. The molecule has 4 rings (SSSR count). The first-order valence-corrected chi connectivity index (χ1v) is 12.4. The fourth-order valence-electron chi connectivity index (χ4n) is 6.26. The number of aliphatic hydroxyl groups is 1. The van der Waals surface area contributed by atoms with Crippen molar-refractivity contribution in [2.75, 3.05) is 40.2 Å². The predicted molar refractivity (Wildman–Crippen MR) is 139 cm³/mol. The van der Waals surface area contributed by atoms with E-state index in [0.29, 0.717) is 24.2 Å².